The molecule has 0 atom stereocenters. The maximum absolute atomic E-state index is 11.8. The standard InChI is InChI=1S/C14H21N7OS/c22-14(16-6-8-20-7-5-15-11-20)10-23-9-13-17-18-19-21(13)12-3-1-2-4-12/h5,7,11-12H,1-4,6,8-10H2,(H,16,22). The van der Waals surface area contributed by atoms with Gasteiger partial charge in [0.05, 0.1) is 23.9 Å². The first-order valence-corrected chi connectivity index (χ1v) is 9.05. The minimum absolute atomic E-state index is 0.0370. The highest BCUT2D eigenvalue weighted by Crippen LogP contribution is 2.29. The second-order valence-electron chi connectivity index (χ2n) is 5.62. The summed E-state index contributed by atoms with van der Waals surface area (Å²) in [6.45, 7) is 1.34. The van der Waals surface area contributed by atoms with Gasteiger partial charge in [-0.2, -0.15) is 0 Å². The third-order valence-electron chi connectivity index (χ3n) is 3.95. The van der Waals surface area contributed by atoms with Crippen molar-refractivity contribution < 1.29 is 4.79 Å². The third kappa shape index (κ3) is 4.54. The van der Waals surface area contributed by atoms with Gasteiger partial charge in [0.2, 0.25) is 5.91 Å². The van der Waals surface area contributed by atoms with Gasteiger partial charge in [0.25, 0.3) is 0 Å². The zero-order chi connectivity index (χ0) is 15.9. The van der Waals surface area contributed by atoms with E-state index in [0.29, 0.717) is 24.1 Å². The molecule has 0 saturated heterocycles. The highest BCUT2D eigenvalue weighted by molar-refractivity contribution is 7.99. The lowest BCUT2D eigenvalue weighted by Gasteiger charge is -2.11. The molecular weight excluding hydrogens is 314 g/mol. The first-order chi connectivity index (χ1) is 11.3. The Morgan fingerprint density at radius 1 is 1.39 bits per heavy atom. The summed E-state index contributed by atoms with van der Waals surface area (Å²) < 4.78 is 3.88. The van der Waals surface area contributed by atoms with Crippen molar-refractivity contribution in [2.75, 3.05) is 12.3 Å². The lowest BCUT2D eigenvalue weighted by atomic mass is 10.2. The molecule has 2 aromatic heterocycles. The average Bonchev–Trinajstić information content (AvgIpc) is 3.29. The van der Waals surface area contributed by atoms with Crippen molar-refractivity contribution in [1.29, 1.82) is 0 Å². The molecule has 0 bridgehead atoms. The number of nitrogens with zero attached hydrogens (tertiary/aromatic N) is 6. The van der Waals surface area contributed by atoms with Gasteiger partial charge in [0.1, 0.15) is 0 Å². The topological polar surface area (TPSA) is 90.5 Å². The molecule has 3 rings (SSSR count). The Morgan fingerprint density at radius 2 is 2.26 bits per heavy atom. The number of rotatable bonds is 8. The van der Waals surface area contributed by atoms with Crippen LogP contribution in [0, 0.1) is 0 Å². The first-order valence-electron chi connectivity index (χ1n) is 7.90. The molecule has 8 nitrogen and oxygen atoms in total. The monoisotopic (exact) mass is 335 g/mol. The number of hydrogen-bond acceptors (Lipinski definition) is 6. The van der Waals surface area contributed by atoms with E-state index < -0.39 is 0 Å². The van der Waals surface area contributed by atoms with Crippen molar-refractivity contribution in [2.45, 2.75) is 44.0 Å². The lowest BCUT2D eigenvalue weighted by molar-refractivity contribution is -0.118. The Bertz CT molecular complexity index is 606. The van der Waals surface area contributed by atoms with Gasteiger partial charge < -0.3 is 9.88 Å². The molecule has 1 N–H and O–H groups in total. The summed E-state index contributed by atoms with van der Waals surface area (Å²) in [5.74, 6) is 1.99. The zero-order valence-electron chi connectivity index (χ0n) is 13.0. The van der Waals surface area contributed by atoms with Gasteiger partial charge in [-0.15, -0.1) is 16.9 Å². The molecular formula is C14H21N7OS. The number of amides is 1. The Kier molecular flexibility index (Phi) is 5.62. The van der Waals surface area contributed by atoms with E-state index in [1.807, 2.05) is 15.4 Å². The number of aromatic nitrogens is 6. The summed E-state index contributed by atoms with van der Waals surface area (Å²) in [7, 11) is 0. The molecule has 0 aliphatic heterocycles. The third-order valence-corrected chi connectivity index (χ3v) is 4.88. The van der Waals surface area contributed by atoms with Crippen LogP contribution in [0.25, 0.3) is 0 Å². The molecule has 1 aliphatic carbocycles. The summed E-state index contributed by atoms with van der Waals surface area (Å²) in [5, 5.41) is 14.9. The van der Waals surface area contributed by atoms with Crippen LogP contribution in [-0.4, -0.2) is 48.0 Å². The Hall–Kier alpha value is -1.90. The molecule has 2 heterocycles. The van der Waals surface area contributed by atoms with Crippen LogP contribution in [0.5, 0.6) is 0 Å². The molecule has 1 amide bonds. The normalized spacial score (nSPS) is 15.1. The van der Waals surface area contributed by atoms with Crippen LogP contribution in [0.15, 0.2) is 18.7 Å². The van der Waals surface area contributed by atoms with Gasteiger partial charge in [0.15, 0.2) is 5.82 Å². The molecule has 124 valence electrons. The Balaban J connectivity index is 1.36. The summed E-state index contributed by atoms with van der Waals surface area (Å²) in [6.07, 6.45) is 10.1. The van der Waals surface area contributed by atoms with E-state index in [2.05, 4.69) is 25.8 Å². The van der Waals surface area contributed by atoms with E-state index in [1.165, 1.54) is 12.8 Å². The molecule has 0 unspecified atom stereocenters. The maximum atomic E-state index is 11.8. The maximum Gasteiger partial charge on any atom is 0.230 e. The zero-order valence-corrected chi connectivity index (χ0v) is 13.8. The smallest absolute Gasteiger partial charge is 0.230 e. The van der Waals surface area contributed by atoms with E-state index in [0.717, 1.165) is 25.2 Å². The highest BCUT2D eigenvalue weighted by atomic mass is 32.2. The molecule has 23 heavy (non-hydrogen) atoms. The van der Waals surface area contributed by atoms with Crippen LogP contribution in [0.1, 0.15) is 37.5 Å². The number of thioether (sulfide) groups is 1. The van der Waals surface area contributed by atoms with Gasteiger partial charge in [-0.3, -0.25) is 4.79 Å². The molecule has 0 aromatic carbocycles. The highest BCUT2D eigenvalue weighted by Gasteiger charge is 2.21. The quantitative estimate of drug-likeness (QED) is 0.775. The predicted molar refractivity (Wildman–Crippen MR) is 86.7 cm³/mol. The summed E-state index contributed by atoms with van der Waals surface area (Å²) in [5.41, 5.74) is 0. The summed E-state index contributed by atoms with van der Waals surface area (Å²) in [4.78, 5) is 15.8. The number of carbonyl (C=O) groups excluding carboxylic acids is 1. The fourth-order valence-corrected chi connectivity index (χ4v) is 3.53. The fraction of sp³-hybridized carbons (Fsp3) is 0.643. The molecule has 1 aliphatic rings. The number of nitrogens with one attached hydrogen (secondary N) is 1. The van der Waals surface area contributed by atoms with Gasteiger partial charge in [-0.05, 0) is 23.3 Å². The summed E-state index contributed by atoms with van der Waals surface area (Å²) >= 11 is 1.55. The fourth-order valence-electron chi connectivity index (χ4n) is 2.77. The predicted octanol–water partition coefficient (Wildman–Crippen LogP) is 1.03. The largest absolute Gasteiger partial charge is 0.354 e. The SMILES string of the molecule is O=C(CSCc1nnnn1C1CCCC1)NCCn1ccnc1. The van der Waals surface area contributed by atoms with Gasteiger partial charge in [0, 0.05) is 25.5 Å². The van der Waals surface area contributed by atoms with Crippen molar-refractivity contribution >= 4 is 17.7 Å². The van der Waals surface area contributed by atoms with Crippen LogP contribution in [0.4, 0.5) is 0 Å². The minimum atomic E-state index is 0.0370. The van der Waals surface area contributed by atoms with E-state index in [1.54, 1.807) is 24.3 Å². The summed E-state index contributed by atoms with van der Waals surface area (Å²) in [6, 6.07) is 0.435. The van der Waals surface area contributed by atoms with Gasteiger partial charge in [-0.1, -0.05) is 12.8 Å². The lowest BCUT2D eigenvalue weighted by Crippen LogP contribution is -2.28. The molecule has 0 spiro atoms. The number of hydrogen-bond donors (Lipinski definition) is 1. The van der Waals surface area contributed by atoms with Crippen molar-refractivity contribution in [3.63, 3.8) is 0 Å². The second kappa shape index (κ2) is 8.09. The average molecular weight is 335 g/mol. The number of tetrazole rings is 1. The van der Waals surface area contributed by atoms with Crippen LogP contribution in [0.3, 0.4) is 0 Å². The van der Waals surface area contributed by atoms with E-state index in [-0.39, 0.29) is 5.91 Å². The minimum Gasteiger partial charge on any atom is -0.354 e. The second-order valence-corrected chi connectivity index (χ2v) is 6.61. The van der Waals surface area contributed by atoms with E-state index in [9.17, 15) is 4.79 Å². The Morgan fingerprint density at radius 3 is 3.04 bits per heavy atom. The molecule has 2 aromatic rings. The van der Waals surface area contributed by atoms with Crippen LogP contribution < -0.4 is 5.32 Å². The van der Waals surface area contributed by atoms with Crippen LogP contribution >= 0.6 is 11.8 Å². The van der Waals surface area contributed by atoms with Gasteiger partial charge >= 0.3 is 0 Å². The van der Waals surface area contributed by atoms with E-state index in [4.69, 9.17) is 0 Å². The van der Waals surface area contributed by atoms with Gasteiger partial charge in [-0.25, -0.2) is 9.67 Å². The number of imidazole rings is 1. The van der Waals surface area contributed by atoms with E-state index >= 15 is 0 Å². The first kappa shape index (κ1) is 16.0. The van der Waals surface area contributed by atoms with Crippen molar-refractivity contribution in [3.8, 4) is 0 Å². The Labute approximate surface area is 139 Å². The number of carbonyl (C=O) groups is 1. The molecule has 1 saturated carbocycles. The molecule has 0 radical (unpaired) electrons. The van der Waals surface area contributed by atoms with Crippen LogP contribution in [0.2, 0.25) is 0 Å². The van der Waals surface area contributed by atoms with Crippen molar-refractivity contribution in [3.05, 3.63) is 24.5 Å². The van der Waals surface area contributed by atoms with Crippen LogP contribution in [-0.2, 0) is 17.1 Å². The van der Waals surface area contributed by atoms with Crippen molar-refractivity contribution in [2.24, 2.45) is 0 Å². The molecule has 1 fully saturated rings. The molecule has 9 heteroatoms. The van der Waals surface area contributed by atoms with Crippen molar-refractivity contribution in [1.82, 2.24) is 35.1 Å².